The molecule has 0 aromatic rings. The van der Waals surface area contributed by atoms with Crippen molar-refractivity contribution in [2.75, 3.05) is 0 Å². The van der Waals surface area contributed by atoms with Crippen molar-refractivity contribution in [3.8, 4) is 0 Å². The summed E-state index contributed by atoms with van der Waals surface area (Å²) in [7, 11) is 0. The Morgan fingerprint density at radius 3 is 2.38 bits per heavy atom. The molecule has 0 aliphatic heterocycles. The first-order valence-electron chi connectivity index (χ1n) is 2.73. The van der Waals surface area contributed by atoms with E-state index in [4.69, 9.17) is 0 Å². The van der Waals surface area contributed by atoms with Gasteiger partial charge in [-0.25, -0.2) is 0 Å². The van der Waals surface area contributed by atoms with Crippen molar-refractivity contribution in [3.05, 3.63) is 24.3 Å². The molecule has 8 heavy (non-hydrogen) atoms. The van der Waals surface area contributed by atoms with Gasteiger partial charge in [0.05, 0.1) is 0 Å². The topological polar surface area (TPSA) is 0 Å². The maximum atomic E-state index is 3.24. The first-order chi connectivity index (χ1) is 3.45. The summed E-state index contributed by atoms with van der Waals surface area (Å²) in [6.07, 6.45) is 11.2. The number of fused-ring (bicyclic) bond motifs is 2. The van der Waals surface area contributed by atoms with Crippen molar-refractivity contribution in [2.45, 2.75) is 6.42 Å². The second-order valence-electron chi connectivity index (χ2n) is 2.22. The second-order valence-corrected chi connectivity index (χ2v) is 2.22. The zero-order valence-electron chi connectivity index (χ0n) is 5.09. The first kappa shape index (κ1) is 6.20. The molecule has 2 bridgehead atoms. The van der Waals surface area contributed by atoms with Crippen molar-refractivity contribution in [1.29, 1.82) is 0 Å². The number of hydrogen-bond donors (Lipinski definition) is 0. The molecule has 2 aliphatic carbocycles. The quantitative estimate of drug-likeness (QED) is 0.198. The molecule has 2 rings (SSSR count). The van der Waals surface area contributed by atoms with Gasteiger partial charge in [-0.3, -0.25) is 6.08 Å². The third-order valence-electron chi connectivity index (χ3n) is 1.64. The van der Waals surface area contributed by atoms with Crippen LogP contribution in [0, 0.1) is 17.9 Å². The molecule has 0 amide bonds. The summed E-state index contributed by atoms with van der Waals surface area (Å²) in [5, 5.41) is 0. The monoisotopic (exact) mass is 98.1 g/mol. The Kier molecular flexibility index (Phi) is 1.65. The average Bonchev–Trinajstić information content (AvgIpc) is 2.22. The molecule has 0 aromatic carbocycles. The molecule has 2 atom stereocenters. The van der Waals surface area contributed by atoms with Gasteiger partial charge in [0.1, 0.15) is 0 Å². The van der Waals surface area contributed by atoms with Gasteiger partial charge in [0.2, 0.25) is 0 Å². The van der Waals surface area contributed by atoms with E-state index in [1.54, 1.807) is 0 Å². The zero-order chi connectivity index (χ0) is 4.69. The molecule has 2 unspecified atom stereocenters. The van der Waals surface area contributed by atoms with Crippen molar-refractivity contribution >= 4 is 0 Å². The van der Waals surface area contributed by atoms with Gasteiger partial charge in [-0.15, -0.1) is 6.08 Å². The fourth-order valence-corrected chi connectivity index (χ4v) is 1.22. The van der Waals surface area contributed by atoms with Crippen LogP contribution in [0.2, 0.25) is 0 Å². The molecule has 0 fully saturated rings. The van der Waals surface area contributed by atoms with Gasteiger partial charge in [0.15, 0.2) is 0 Å². The Labute approximate surface area is 61.8 Å². The number of allylic oxidation sites excluding steroid dienone is 4. The molecule has 36 valence electrons. The Balaban J connectivity index is 0.000000320. The smallest absolute Gasteiger partial charge is 0.493 e. The molecule has 0 aromatic heterocycles. The van der Waals surface area contributed by atoms with Crippen molar-refractivity contribution in [3.63, 3.8) is 0 Å². The Hall–Kier alpha value is 0.0774. The van der Waals surface area contributed by atoms with Gasteiger partial charge in [-0.1, -0.05) is 12.5 Å². The Morgan fingerprint density at radius 1 is 1.38 bits per heavy atom. The van der Waals surface area contributed by atoms with Crippen LogP contribution in [-0.2, 0) is 0 Å². The predicted molar refractivity (Wildman–Crippen MR) is 28.5 cm³/mol. The van der Waals surface area contributed by atoms with Crippen molar-refractivity contribution in [1.82, 2.24) is 0 Å². The average molecular weight is 98.1 g/mol. The summed E-state index contributed by atoms with van der Waals surface area (Å²) in [5.74, 6) is 1.44. The van der Waals surface area contributed by atoms with Crippen LogP contribution in [0.5, 0.6) is 0 Å². The molecule has 0 saturated carbocycles. The standard InChI is InChI=1S/C7H7.Li/c1-2-7-4-3-6(1)5-7;/h1-3,6-7H,5H2;/q-1;+1. The third-order valence-corrected chi connectivity index (χ3v) is 1.64. The molecule has 0 nitrogen and oxygen atoms in total. The first-order valence-corrected chi connectivity index (χ1v) is 2.73. The van der Waals surface area contributed by atoms with Crippen molar-refractivity contribution in [2.24, 2.45) is 11.8 Å². The van der Waals surface area contributed by atoms with E-state index >= 15 is 0 Å². The predicted octanol–water partition coefficient (Wildman–Crippen LogP) is -1.44. The summed E-state index contributed by atoms with van der Waals surface area (Å²) in [4.78, 5) is 0. The summed E-state index contributed by atoms with van der Waals surface area (Å²) in [6, 6.07) is 0. The van der Waals surface area contributed by atoms with Crippen LogP contribution in [0.3, 0.4) is 0 Å². The molecule has 0 heterocycles. The minimum atomic E-state index is 0. The Morgan fingerprint density at radius 2 is 2.25 bits per heavy atom. The molecular weight excluding hydrogens is 91.0 g/mol. The zero-order valence-corrected chi connectivity index (χ0v) is 5.09. The normalized spacial score (nSPS) is 38.0. The third kappa shape index (κ3) is 0.791. The number of rotatable bonds is 0. The summed E-state index contributed by atoms with van der Waals surface area (Å²) in [6.45, 7) is 0. The fourth-order valence-electron chi connectivity index (χ4n) is 1.22. The molecule has 0 N–H and O–H groups in total. The minimum absolute atomic E-state index is 0. The molecule has 0 spiro atoms. The van der Waals surface area contributed by atoms with Crippen LogP contribution in [0.15, 0.2) is 18.2 Å². The largest absolute Gasteiger partial charge is 1.00 e. The van der Waals surface area contributed by atoms with Crippen LogP contribution in [0.4, 0.5) is 0 Å². The fraction of sp³-hybridized carbons (Fsp3) is 0.429. The molecule has 0 saturated heterocycles. The minimum Gasteiger partial charge on any atom is -0.493 e. The van der Waals surface area contributed by atoms with E-state index < -0.39 is 0 Å². The molecular formula is C7H7Li. The van der Waals surface area contributed by atoms with Crippen molar-refractivity contribution < 1.29 is 18.9 Å². The van der Waals surface area contributed by atoms with Crippen LogP contribution in [0.25, 0.3) is 0 Å². The summed E-state index contributed by atoms with van der Waals surface area (Å²) >= 11 is 0. The maximum Gasteiger partial charge on any atom is 1.00 e. The van der Waals surface area contributed by atoms with Crippen LogP contribution in [-0.4, -0.2) is 0 Å². The SMILES string of the molecule is [C-]1=CC2C=CC1C2.[Li+]. The van der Waals surface area contributed by atoms with Gasteiger partial charge < -0.3 is 6.08 Å². The van der Waals surface area contributed by atoms with E-state index in [1.807, 2.05) is 0 Å². The van der Waals surface area contributed by atoms with E-state index in [1.165, 1.54) is 6.42 Å². The molecule has 0 radical (unpaired) electrons. The van der Waals surface area contributed by atoms with Gasteiger partial charge >= 0.3 is 18.9 Å². The second kappa shape index (κ2) is 2.13. The summed E-state index contributed by atoms with van der Waals surface area (Å²) in [5.41, 5.74) is 0. The number of hydrogen-bond acceptors (Lipinski definition) is 0. The Bertz CT molecular complexity index is 107. The van der Waals surface area contributed by atoms with E-state index in [0.29, 0.717) is 5.92 Å². The van der Waals surface area contributed by atoms with E-state index in [2.05, 4.69) is 24.3 Å². The molecule has 1 heteroatoms. The van der Waals surface area contributed by atoms with E-state index in [0.717, 1.165) is 5.92 Å². The van der Waals surface area contributed by atoms with Gasteiger partial charge in [-0.05, 0) is 5.92 Å². The maximum absolute atomic E-state index is 3.24. The van der Waals surface area contributed by atoms with Crippen LogP contribution in [0.1, 0.15) is 6.42 Å². The van der Waals surface area contributed by atoms with Crippen LogP contribution < -0.4 is 18.9 Å². The van der Waals surface area contributed by atoms with Gasteiger partial charge in [-0.2, -0.15) is 5.92 Å². The van der Waals surface area contributed by atoms with Gasteiger partial charge in [0.25, 0.3) is 0 Å². The summed E-state index contributed by atoms with van der Waals surface area (Å²) < 4.78 is 0. The molecule has 2 aliphatic rings. The van der Waals surface area contributed by atoms with E-state index in [9.17, 15) is 0 Å². The van der Waals surface area contributed by atoms with Crippen LogP contribution >= 0.6 is 0 Å². The van der Waals surface area contributed by atoms with E-state index in [-0.39, 0.29) is 18.9 Å². The van der Waals surface area contributed by atoms with Gasteiger partial charge in [0, 0.05) is 0 Å².